The quantitative estimate of drug-likeness (QED) is 0.287. The molecule has 0 radical (unpaired) electrons. The van der Waals surface area contributed by atoms with Crippen LogP contribution in [0.1, 0.15) is 66.9 Å². The highest BCUT2D eigenvalue weighted by molar-refractivity contribution is 5.91. The Balaban J connectivity index is 1.20. The largest absolute Gasteiger partial charge is 0.497 e. The fourth-order valence-corrected chi connectivity index (χ4v) is 8.31. The Labute approximate surface area is 224 Å². The summed E-state index contributed by atoms with van der Waals surface area (Å²) in [4.78, 5) is 7.94. The molecule has 192 valence electrons. The minimum absolute atomic E-state index is 0.417. The van der Waals surface area contributed by atoms with E-state index in [-0.39, 0.29) is 0 Å². The predicted molar refractivity (Wildman–Crippen MR) is 151 cm³/mol. The van der Waals surface area contributed by atoms with Crippen molar-refractivity contribution in [2.45, 2.75) is 57.8 Å². The van der Waals surface area contributed by atoms with Crippen molar-refractivity contribution in [2.75, 3.05) is 7.11 Å². The van der Waals surface area contributed by atoms with Gasteiger partial charge in [-0.05, 0) is 123 Å². The van der Waals surface area contributed by atoms with Crippen molar-refractivity contribution >= 4 is 22.7 Å². The summed E-state index contributed by atoms with van der Waals surface area (Å²) >= 11 is 0. The Hall–Kier alpha value is -3.78. The van der Waals surface area contributed by atoms with Crippen LogP contribution in [0.3, 0.4) is 0 Å². The smallest absolute Gasteiger partial charge is 0.149 e. The van der Waals surface area contributed by atoms with Crippen molar-refractivity contribution in [3.05, 3.63) is 76.9 Å². The maximum absolute atomic E-state index is 9.99. The van der Waals surface area contributed by atoms with Gasteiger partial charge in [0.2, 0.25) is 0 Å². The minimum atomic E-state index is 0.417. The molecule has 8 rings (SSSR count). The number of nitriles is 1. The van der Waals surface area contributed by atoms with Crippen LogP contribution in [0.15, 0.2) is 48.5 Å². The van der Waals surface area contributed by atoms with Crippen LogP contribution in [-0.4, -0.2) is 21.6 Å². The maximum Gasteiger partial charge on any atom is 0.149 e. The van der Waals surface area contributed by atoms with Gasteiger partial charge in [-0.1, -0.05) is 12.1 Å². The van der Waals surface area contributed by atoms with Gasteiger partial charge in [0.25, 0.3) is 0 Å². The fourth-order valence-electron chi connectivity index (χ4n) is 8.31. The molecule has 2 heterocycles. The first-order valence-corrected chi connectivity index (χ1v) is 13.9. The van der Waals surface area contributed by atoms with Gasteiger partial charge in [0.1, 0.15) is 17.6 Å². The van der Waals surface area contributed by atoms with Crippen molar-refractivity contribution in [2.24, 2.45) is 17.8 Å². The number of ether oxygens (including phenoxy) is 1. The lowest BCUT2D eigenvalue weighted by Gasteiger charge is -2.57. The van der Waals surface area contributed by atoms with Gasteiger partial charge in [-0.15, -0.1) is 0 Å². The summed E-state index contributed by atoms with van der Waals surface area (Å²) in [7, 11) is 1.64. The Kier molecular flexibility index (Phi) is 5.30. The van der Waals surface area contributed by atoms with E-state index in [0.29, 0.717) is 16.8 Å². The van der Waals surface area contributed by atoms with Crippen molar-refractivity contribution in [1.29, 1.82) is 5.26 Å². The van der Waals surface area contributed by atoms with Gasteiger partial charge in [0.15, 0.2) is 0 Å². The van der Waals surface area contributed by atoms with Gasteiger partial charge < -0.3 is 14.3 Å². The Morgan fingerprint density at radius 3 is 2.34 bits per heavy atom. The van der Waals surface area contributed by atoms with Crippen LogP contribution >= 0.6 is 0 Å². The fraction of sp³-hybridized carbons (Fsp3) is 0.394. The molecule has 2 aromatic heterocycles. The van der Waals surface area contributed by atoms with Gasteiger partial charge >= 0.3 is 0 Å². The van der Waals surface area contributed by atoms with Crippen LogP contribution in [0, 0.1) is 42.9 Å². The van der Waals surface area contributed by atoms with Gasteiger partial charge in [-0.2, -0.15) is 5.26 Å². The van der Waals surface area contributed by atoms with Crippen molar-refractivity contribution in [1.82, 2.24) is 14.5 Å². The number of nitrogens with one attached hydrogen (secondary N) is 1. The lowest BCUT2D eigenvalue weighted by Crippen LogP contribution is -2.48. The molecule has 0 saturated heterocycles. The molecule has 0 aliphatic heterocycles. The number of hydrogen-bond acceptors (Lipinski definition) is 3. The van der Waals surface area contributed by atoms with Crippen molar-refractivity contribution < 1.29 is 4.74 Å². The molecule has 4 saturated carbocycles. The summed E-state index contributed by atoms with van der Waals surface area (Å²) in [6.07, 6.45) is 10.5. The normalized spacial score (nSPS) is 26.2. The number of methoxy groups -OCH3 is 1. The van der Waals surface area contributed by atoms with Crippen LogP contribution in [0.2, 0.25) is 0 Å². The Morgan fingerprint density at radius 2 is 1.71 bits per heavy atom. The van der Waals surface area contributed by atoms with Crippen molar-refractivity contribution in [3.63, 3.8) is 0 Å². The highest BCUT2D eigenvalue weighted by Crippen LogP contribution is 2.60. The Bertz CT molecular complexity index is 1580. The van der Waals surface area contributed by atoms with E-state index in [1.54, 1.807) is 12.7 Å². The number of aromatic amines is 1. The third kappa shape index (κ3) is 3.69. The predicted octanol–water partition coefficient (Wildman–Crippen LogP) is 7.51. The average Bonchev–Trinajstić information content (AvgIpc) is 3.45. The van der Waals surface area contributed by atoms with Gasteiger partial charge in [-0.3, -0.25) is 0 Å². The molecule has 38 heavy (non-hydrogen) atoms. The third-order valence-corrected chi connectivity index (χ3v) is 9.61. The molecule has 5 heteroatoms. The van der Waals surface area contributed by atoms with Gasteiger partial charge in [0, 0.05) is 23.1 Å². The zero-order chi connectivity index (χ0) is 26.0. The van der Waals surface area contributed by atoms with E-state index in [2.05, 4.69) is 64.8 Å². The van der Waals surface area contributed by atoms with E-state index in [4.69, 9.17) is 4.74 Å². The van der Waals surface area contributed by atoms with Crippen molar-refractivity contribution in [3.8, 4) is 17.5 Å². The topological polar surface area (TPSA) is 66.6 Å². The SMILES string of the molecule is COc1ccc2nc(/C(C#N)=C\c3cc(C)n(-c4ccc(C56CC7CC(CC(C7)C5)C6)cc4)c3C)[nH]c2c1. The molecular weight excluding hydrogens is 468 g/mol. The second-order valence-corrected chi connectivity index (χ2v) is 12.0. The first kappa shape index (κ1) is 23.3. The molecular formula is C33H34N4O. The lowest BCUT2D eigenvalue weighted by molar-refractivity contribution is -0.00518. The lowest BCUT2D eigenvalue weighted by atomic mass is 9.48. The summed E-state index contributed by atoms with van der Waals surface area (Å²) in [6, 6.07) is 19.6. The molecule has 4 aliphatic rings. The second kappa shape index (κ2) is 8.63. The number of H-pyrrole nitrogens is 1. The Morgan fingerprint density at radius 1 is 1.03 bits per heavy atom. The standard InChI is InChI=1S/C33H34N4O/c1-20-10-25(14-26(19-34)32-35-30-9-8-29(38-3)15-31(30)36-32)21(2)37(20)28-6-4-27(5-7-28)33-16-22-11-23(17-33)13-24(12-22)18-33/h4-10,14-15,22-24H,11-13,16-18H2,1-3H3,(H,35,36)/b26-14-. The summed E-state index contributed by atoms with van der Waals surface area (Å²) in [5, 5.41) is 9.99. The highest BCUT2D eigenvalue weighted by Gasteiger charge is 2.51. The molecule has 5 nitrogen and oxygen atoms in total. The molecule has 0 spiro atoms. The zero-order valence-electron chi connectivity index (χ0n) is 22.4. The maximum atomic E-state index is 9.99. The first-order valence-electron chi connectivity index (χ1n) is 13.9. The third-order valence-electron chi connectivity index (χ3n) is 9.61. The molecule has 4 bridgehead atoms. The van der Waals surface area contributed by atoms with E-state index in [1.165, 1.54) is 44.2 Å². The molecule has 4 aromatic rings. The summed E-state index contributed by atoms with van der Waals surface area (Å²) in [5.74, 6) is 4.18. The molecule has 1 N–H and O–H groups in total. The minimum Gasteiger partial charge on any atom is -0.497 e. The molecule has 0 unspecified atom stereocenters. The highest BCUT2D eigenvalue weighted by atomic mass is 16.5. The molecule has 0 atom stereocenters. The number of allylic oxidation sites excluding steroid dienone is 1. The number of benzene rings is 2. The number of nitrogens with zero attached hydrogens (tertiary/aromatic N) is 3. The van der Waals surface area contributed by atoms with E-state index >= 15 is 0 Å². The second-order valence-electron chi connectivity index (χ2n) is 12.0. The average molecular weight is 503 g/mol. The summed E-state index contributed by atoms with van der Waals surface area (Å²) < 4.78 is 7.62. The number of imidazole rings is 1. The van der Waals surface area contributed by atoms with E-state index in [0.717, 1.165) is 51.5 Å². The monoisotopic (exact) mass is 502 g/mol. The van der Waals surface area contributed by atoms with Gasteiger partial charge in [0.05, 0.1) is 23.7 Å². The van der Waals surface area contributed by atoms with Crippen LogP contribution < -0.4 is 4.74 Å². The van der Waals surface area contributed by atoms with Crippen LogP contribution in [0.25, 0.3) is 28.4 Å². The van der Waals surface area contributed by atoms with Gasteiger partial charge in [-0.25, -0.2) is 4.98 Å². The van der Waals surface area contributed by atoms with E-state index in [1.807, 2.05) is 24.3 Å². The van der Waals surface area contributed by atoms with Crippen LogP contribution in [0.4, 0.5) is 0 Å². The summed E-state index contributed by atoms with van der Waals surface area (Å²) in [6.45, 7) is 4.27. The molecule has 0 amide bonds. The molecule has 4 aliphatic carbocycles. The number of fused-ring (bicyclic) bond motifs is 1. The molecule has 4 fully saturated rings. The number of rotatable bonds is 5. The van der Waals surface area contributed by atoms with E-state index in [9.17, 15) is 5.26 Å². The summed E-state index contributed by atoms with van der Waals surface area (Å²) in [5.41, 5.74) is 8.63. The zero-order valence-corrected chi connectivity index (χ0v) is 22.4. The number of hydrogen-bond donors (Lipinski definition) is 1. The van der Waals surface area contributed by atoms with E-state index < -0.39 is 0 Å². The number of aryl methyl sites for hydroxylation is 1. The first-order chi connectivity index (χ1) is 18.4. The van der Waals surface area contributed by atoms with Crippen LogP contribution in [-0.2, 0) is 5.41 Å². The molecule has 2 aromatic carbocycles. The van der Waals surface area contributed by atoms with Crippen LogP contribution in [0.5, 0.6) is 5.75 Å². The number of aromatic nitrogens is 3.